The van der Waals surface area contributed by atoms with Gasteiger partial charge in [-0.25, -0.2) is 4.39 Å². The van der Waals surface area contributed by atoms with Gasteiger partial charge in [-0.3, -0.25) is 0 Å². The lowest BCUT2D eigenvalue weighted by atomic mass is 9.86. The average Bonchev–Trinajstić information content (AvgIpc) is 2.69. The van der Waals surface area contributed by atoms with Gasteiger partial charge in [-0.05, 0) is 66.1 Å². The zero-order valence-electron chi connectivity index (χ0n) is 15.6. The van der Waals surface area contributed by atoms with Gasteiger partial charge in [0.05, 0.1) is 0 Å². The number of benzene rings is 2. The van der Waals surface area contributed by atoms with Gasteiger partial charge in [0.1, 0.15) is 5.82 Å². The molecule has 3 rings (SSSR count). The Labute approximate surface area is 157 Å². The summed E-state index contributed by atoms with van der Waals surface area (Å²) < 4.78 is 13.0. The number of halogens is 1. The minimum absolute atomic E-state index is 0.204. The van der Waals surface area contributed by atoms with Gasteiger partial charge in [0.25, 0.3) is 0 Å². The molecule has 1 aliphatic rings. The van der Waals surface area contributed by atoms with Gasteiger partial charge in [0.2, 0.25) is 0 Å². The van der Waals surface area contributed by atoms with Gasteiger partial charge in [0, 0.05) is 5.56 Å². The van der Waals surface area contributed by atoms with Crippen molar-refractivity contribution in [3.63, 3.8) is 0 Å². The van der Waals surface area contributed by atoms with E-state index in [0.29, 0.717) is 0 Å². The molecule has 0 radical (unpaired) electrons. The second kappa shape index (κ2) is 9.39. The second-order valence-corrected chi connectivity index (χ2v) is 7.20. The third-order valence-electron chi connectivity index (χ3n) is 5.17. The Balaban J connectivity index is 1.58. The molecule has 0 aliphatic heterocycles. The zero-order valence-corrected chi connectivity index (χ0v) is 15.6. The molecule has 26 heavy (non-hydrogen) atoms. The molecule has 0 aromatic heterocycles. The Morgan fingerprint density at radius 2 is 1.62 bits per heavy atom. The molecule has 1 unspecified atom stereocenters. The number of rotatable bonds is 5. The predicted octanol–water partition coefficient (Wildman–Crippen LogP) is 7.15. The number of unbranched alkanes of at least 4 members (excludes halogenated alkanes) is 2. The lowest BCUT2D eigenvalue weighted by Gasteiger charge is -2.19. The van der Waals surface area contributed by atoms with Crippen LogP contribution in [-0.4, -0.2) is 0 Å². The summed E-state index contributed by atoms with van der Waals surface area (Å²) in [6.07, 6.45) is 11.4. The van der Waals surface area contributed by atoms with Crippen LogP contribution in [0.3, 0.4) is 0 Å². The third kappa shape index (κ3) is 5.33. The second-order valence-electron chi connectivity index (χ2n) is 7.20. The SMILES string of the molecule is CCCCCC1CC=C(C#Cc2ccc(-c3ccc(F)cc3)cc2)CC1. The normalized spacial score (nSPS) is 16.5. The van der Waals surface area contributed by atoms with E-state index in [1.54, 1.807) is 12.1 Å². The van der Waals surface area contributed by atoms with Crippen LogP contribution >= 0.6 is 0 Å². The van der Waals surface area contributed by atoms with Crippen molar-refractivity contribution in [1.29, 1.82) is 0 Å². The van der Waals surface area contributed by atoms with Gasteiger partial charge < -0.3 is 0 Å². The number of allylic oxidation sites excluding steroid dienone is 2. The first-order valence-electron chi connectivity index (χ1n) is 9.81. The highest BCUT2D eigenvalue weighted by Crippen LogP contribution is 2.27. The Kier molecular flexibility index (Phi) is 6.67. The van der Waals surface area contributed by atoms with E-state index in [0.717, 1.165) is 29.0 Å². The smallest absolute Gasteiger partial charge is 0.123 e. The highest BCUT2D eigenvalue weighted by Gasteiger charge is 2.12. The maximum absolute atomic E-state index is 13.0. The van der Waals surface area contributed by atoms with Crippen LogP contribution in [0.4, 0.5) is 4.39 Å². The minimum Gasteiger partial charge on any atom is -0.207 e. The molecule has 0 N–H and O–H groups in total. The van der Waals surface area contributed by atoms with E-state index in [1.165, 1.54) is 56.2 Å². The standard InChI is InChI=1S/C25H27F/c1-2-3-4-5-20-6-8-21(9-7-20)10-11-22-12-14-23(15-13-22)24-16-18-25(26)19-17-24/h8,12-20H,2-7,9H2,1H3. The largest absolute Gasteiger partial charge is 0.207 e. The van der Waals surface area contributed by atoms with Crippen molar-refractivity contribution in [3.05, 3.63) is 71.6 Å². The van der Waals surface area contributed by atoms with Gasteiger partial charge >= 0.3 is 0 Å². The fourth-order valence-corrected chi connectivity index (χ4v) is 3.49. The van der Waals surface area contributed by atoms with E-state index in [1.807, 2.05) is 12.1 Å². The molecular formula is C25H27F. The highest BCUT2D eigenvalue weighted by atomic mass is 19.1. The van der Waals surface area contributed by atoms with Crippen LogP contribution in [0.2, 0.25) is 0 Å². The van der Waals surface area contributed by atoms with Crippen LogP contribution in [0.15, 0.2) is 60.2 Å². The average molecular weight is 346 g/mol. The van der Waals surface area contributed by atoms with Crippen molar-refractivity contribution < 1.29 is 4.39 Å². The summed E-state index contributed by atoms with van der Waals surface area (Å²) in [6, 6.07) is 14.8. The maximum Gasteiger partial charge on any atom is 0.123 e. The quantitative estimate of drug-likeness (QED) is 0.398. The molecule has 0 saturated heterocycles. The van der Waals surface area contributed by atoms with Gasteiger partial charge in [-0.15, -0.1) is 0 Å². The van der Waals surface area contributed by atoms with Gasteiger partial charge in [0.15, 0.2) is 0 Å². The summed E-state index contributed by atoms with van der Waals surface area (Å²) in [5.74, 6) is 7.30. The van der Waals surface area contributed by atoms with Crippen molar-refractivity contribution in [2.75, 3.05) is 0 Å². The van der Waals surface area contributed by atoms with Crippen molar-refractivity contribution in [2.45, 2.75) is 51.9 Å². The summed E-state index contributed by atoms with van der Waals surface area (Å²) in [5, 5.41) is 0. The molecule has 0 bridgehead atoms. The predicted molar refractivity (Wildman–Crippen MR) is 108 cm³/mol. The van der Waals surface area contributed by atoms with E-state index < -0.39 is 0 Å². The summed E-state index contributed by atoms with van der Waals surface area (Å²) in [7, 11) is 0. The van der Waals surface area contributed by atoms with Crippen molar-refractivity contribution in [2.24, 2.45) is 5.92 Å². The Bertz CT molecular complexity index is 785. The van der Waals surface area contributed by atoms with Crippen LogP contribution < -0.4 is 0 Å². The molecule has 0 nitrogen and oxygen atoms in total. The first-order chi connectivity index (χ1) is 12.7. The van der Waals surface area contributed by atoms with E-state index in [-0.39, 0.29) is 5.82 Å². The summed E-state index contributed by atoms with van der Waals surface area (Å²) >= 11 is 0. The fourth-order valence-electron chi connectivity index (χ4n) is 3.49. The lowest BCUT2D eigenvalue weighted by molar-refractivity contribution is 0.420. The topological polar surface area (TPSA) is 0 Å². The van der Waals surface area contributed by atoms with E-state index in [4.69, 9.17) is 0 Å². The first-order valence-corrected chi connectivity index (χ1v) is 9.81. The molecule has 2 aromatic rings. The van der Waals surface area contributed by atoms with E-state index >= 15 is 0 Å². The van der Waals surface area contributed by atoms with Crippen LogP contribution in [0.1, 0.15) is 57.4 Å². The summed E-state index contributed by atoms with van der Waals surface area (Å²) in [5.41, 5.74) is 4.43. The summed E-state index contributed by atoms with van der Waals surface area (Å²) in [4.78, 5) is 0. The fraction of sp³-hybridized carbons (Fsp3) is 0.360. The molecule has 134 valence electrons. The molecule has 0 amide bonds. The lowest BCUT2D eigenvalue weighted by Crippen LogP contribution is -2.05. The number of hydrogen-bond donors (Lipinski definition) is 0. The van der Waals surface area contributed by atoms with Crippen LogP contribution in [0.5, 0.6) is 0 Å². The molecule has 1 atom stereocenters. The Morgan fingerprint density at radius 1 is 0.923 bits per heavy atom. The zero-order chi connectivity index (χ0) is 18.2. The van der Waals surface area contributed by atoms with Gasteiger partial charge in [-0.1, -0.05) is 74.8 Å². The van der Waals surface area contributed by atoms with Crippen molar-refractivity contribution in [1.82, 2.24) is 0 Å². The Morgan fingerprint density at radius 3 is 2.23 bits per heavy atom. The van der Waals surface area contributed by atoms with Gasteiger partial charge in [-0.2, -0.15) is 0 Å². The molecular weight excluding hydrogens is 319 g/mol. The monoisotopic (exact) mass is 346 g/mol. The molecule has 0 fully saturated rings. The highest BCUT2D eigenvalue weighted by molar-refractivity contribution is 5.64. The molecule has 0 spiro atoms. The minimum atomic E-state index is -0.204. The molecule has 1 heteroatoms. The first kappa shape index (κ1) is 18.5. The molecule has 1 aliphatic carbocycles. The van der Waals surface area contributed by atoms with Crippen molar-refractivity contribution in [3.8, 4) is 23.0 Å². The third-order valence-corrected chi connectivity index (χ3v) is 5.17. The van der Waals surface area contributed by atoms with E-state index in [9.17, 15) is 4.39 Å². The van der Waals surface area contributed by atoms with E-state index in [2.05, 4.69) is 37.0 Å². The summed E-state index contributed by atoms with van der Waals surface area (Å²) in [6.45, 7) is 2.26. The van der Waals surface area contributed by atoms with Crippen molar-refractivity contribution >= 4 is 0 Å². The van der Waals surface area contributed by atoms with Crippen LogP contribution in [0.25, 0.3) is 11.1 Å². The molecule has 0 heterocycles. The van der Waals surface area contributed by atoms with Crippen LogP contribution in [0, 0.1) is 23.6 Å². The Hall–Kier alpha value is -2.33. The maximum atomic E-state index is 13.0. The molecule has 2 aromatic carbocycles. The number of hydrogen-bond acceptors (Lipinski definition) is 0. The van der Waals surface area contributed by atoms with Crippen LogP contribution in [-0.2, 0) is 0 Å². The molecule has 0 saturated carbocycles.